The Kier molecular flexibility index (Phi) is 8.18. The highest BCUT2D eigenvalue weighted by molar-refractivity contribution is 5.80. The van der Waals surface area contributed by atoms with E-state index in [4.69, 9.17) is 0 Å². The Morgan fingerprint density at radius 2 is 1.33 bits per heavy atom. The summed E-state index contributed by atoms with van der Waals surface area (Å²) in [6, 6.07) is 16.6. The van der Waals surface area contributed by atoms with Gasteiger partial charge in [0, 0.05) is 39.6 Å². The fourth-order valence-corrected chi connectivity index (χ4v) is 2.91. The van der Waals surface area contributed by atoms with Crippen LogP contribution in [0.3, 0.4) is 0 Å². The number of nitrogens with zero attached hydrogens (tertiary/aromatic N) is 6. The average molecular weight is 425 g/mol. The lowest BCUT2D eigenvalue weighted by Gasteiger charge is -2.11. The van der Waals surface area contributed by atoms with E-state index in [-0.39, 0.29) is 12.4 Å². The summed E-state index contributed by atoms with van der Waals surface area (Å²) in [5.74, 6) is 1.01. The third-order valence-electron chi connectivity index (χ3n) is 4.68. The van der Waals surface area contributed by atoms with Crippen molar-refractivity contribution < 1.29 is 17.1 Å². The van der Waals surface area contributed by atoms with E-state index in [0.29, 0.717) is 0 Å². The highest BCUT2D eigenvalue weighted by atomic mass is 35.5. The van der Waals surface area contributed by atoms with E-state index in [1.54, 1.807) is 0 Å². The van der Waals surface area contributed by atoms with Gasteiger partial charge in [0.2, 0.25) is 0 Å². The lowest BCUT2D eigenvalue weighted by atomic mass is 10.2. The normalized spacial score (nSPS) is 11.1. The van der Waals surface area contributed by atoms with Crippen LogP contribution in [0.4, 0.5) is 11.4 Å². The molecule has 30 heavy (non-hydrogen) atoms. The zero-order valence-electron chi connectivity index (χ0n) is 18.2. The number of benzene rings is 2. The molecule has 0 amide bonds. The van der Waals surface area contributed by atoms with Crippen LogP contribution < -0.4 is 26.9 Å². The van der Waals surface area contributed by atoms with Crippen LogP contribution in [0, 0.1) is 0 Å². The number of aromatic nitrogens is 2. The Morgan fingerprint density at radius 3 is 1.80 bits per heavy atom. The molecule has 7 heteroatoms. The maximum Gasteiger partial charge on any atom is 0.307 e. The minimum Gasteiger partial charge on any atom is -1.00 e. The topological polar surface area (TPSA) is 40.0 Å². The van der Waals surface area contributed by atoms with Gasteiger partial charge >= 0.3 is 5.82 Å². The van der Waals surface area contributed by atoms with E-state index in [1.807, 2.05) is 62.4 Å². The summed E-state index contributed by atoms with van der Waals surface area (Å²) in [7, 11) is 8.14. The van der Waals surface area contributed by atoms with E-state index in [1.165, 1.54) is 11.4 Å². The number of rotatable bonds is 7. The molecule has 0 aliphatic rings. The first-order chi connectivity index (χ1) is 14.0. The SMILES string of the molecule is CCc1n(N=Cc2ccc(N(C)C)cc2)cc[n+]1N=Cc1ccc(N(C)C)cc1.[Cl-]. The lowest BCUT2D eigenvalue weighted by Crippen LogP contribution is -3.00. The van der Waals surface area contributed by atoms with Crippen molar-refractivity contribution in [1.82, 2.24) is 4.68 Å². The Bertz CT molecular complexity index is 907. The van der Waals surface area contributed by atoms with Crippen LogP contribution in [-0.4, -0.2) is 45.3 Å². The monoisotopic (exact) mass is 424 g/mol. The number of imidazole rings is 1. The van der Waals surface area contributed by atoms with Crippen molar-refractivity contribution in [3.63, 3.8) is 0 Å². The predicted molar refractivity (Wildman–Crippen MR) is 122 cm³/mol. The molecule has 3 aromatic rings. The smallest absolute Gasteiger partial charge is 0.307 e. The second-order valence-corrected chi connectivity index (χ2v) is 7.22. The second-order valence-electron chi connectivity index (χ2n) is 7.22. The largest absolute Gasteiger partial charge is 1.00 e. The Balaban J connectivity index is 0.00000320. The Morgan fingerprint density at radius 1 is 0.833 bits per heavy atom. The third-order valence-corrected chi connectivity index (χ3v) is 4.68. The summed E-state index contributed by atoms with van der Waals surface area (Å²) in [6.07, 6.45) is 8.41. The van der Waals surface area contributed by atoms with E-state index < -0.39 is 0 Å². The van der Waals surface area contributed by atoms with E-state index in [9.17, 15) is 0 Å². The molecule has 0 saturated heterocycles. The predicted octanol–water partition coefficient (Wildman–Crippen LogP) is 0.238. The van der Waals surface area contributed by atoms with Gasteiger partial charge in [-0.15, -0.1) is 9.35 Å². The minimum atomic E-state index is 0. The number of halogens is 1. The first kappa shape index (κ1) is 23.2. The van der Waals surface area contributed by atoms with Gasteiger partial charge in [0.25, 0.3) is 0 Å². The molecule has 0 unspecified atom stereocenters. The molecular weight excluding hydrogens is 396 g/mol. The molecule has 0 spiro atoms. The van der Waals surface area contributed by atoms with Gasteiger partial charge in [0.15, 0.2) is 12.4 Å². The molecule has 0 atom stereocenters. The standard InChI is InChI=1S/C23H29N6.ClH/c1-6-23-28(24-17-19-7-11-21(12-8-19)26(2)3)15-16-29(23)25-18-20-9-13-22(14-10-20)27(4)5;/h7-18H,6H2,1-5H3;1H/q+1;/p-1. The van der Waals surface area contributed by atoms with Crippen molar-refractivity contribution >= 4 is 23.8 Å². The summed E-state index contributed by atoms with van der Waals surface area (Å²) < 4.78 is 3.73. The third kappa shape index (κ3) is 5.70. The molecule has 0 fully saturated rings. The van der Waals surface area contributed by atoms with Crippen LogP contribution in [0.25, 0.3) is 0 Å². The number of anilines is 2. The molecule has 0 bridgehead atoms. The molecule has 158 valence electrons. The van der Waals surface area contributed by atoms with Gasteiger partial charge in [-0.2, -0.15) is 0 Å². The van der Waals surface area contributed by atoms with Gasteiger partial charge < -0.3 is 22.2 Å². The molecule has 0 N–H and O–H groups in total. The van der Waals surface area contributed by atoms with Crippen LogP contribution in [0.15, 0.2) is 71.1 Å². The van der Waals surface area contributed by atoms with E-state index in [0.717, 1.165) is 23.4 Å². The Labute approximate surface area is 185 Å². The van der Waals surface area contributed by atoms with E-state index in [2.05, 4.69) is 75.5 Å². The van der Waals surface area contributed by atoms with Gasteiger partial charge in [0.05, 0.1) is 18.9 Å². The highest BCUT2D eigenvalue weighted by Crippen LogP contribution is 2.12. The summed E-state index contributed by atoms with van der Waals surface area (Å²) in [5, 5.41) is 9.21. The van der Waals surface area contributed by atoms with E-state index >= 15 is 0 Å². The zero-order chi connectivity index (χ0) is 20.8. The summed E-state index contributed by atoms with van der Waals surface area (Å²) in [5.41, 5.74) is 4.45. The fourth-order valence-electron chi connectivity index (χ4n) is 2.91. The maximum absolute atomic E-state index is 4.61. The van der Waals surface area contributed by atoms with Crippen molar-refractivity contribution in [3.8, 4) is 0 Å². The molecule has 0 saturated carbocycles. The van der Waals surface area contributed by atoms with Crippen molar-refractivity contribution in [2.24, 2.45) is 10.2 Å². The second kappa shape index (κ2) is 10.6. The van der Waals surface area contributed by atoms with Gasteiger partial charge in [-0.1, -0.05) is 41.4 Å². The molecule has 0 aliphatic carbocycles. The maximum atomic E-state index is 4.61. The van der Waals surface area contributed by atoms with Crippen molar-refractivity contribution in [2.75, 3.05) is 38.0 Å². The first-order valence-corrected chi connectivity index (χ1v) is 9.73. The highest BCUT2D eigenvalue weighted by Gasteiger charge is 2.14. The molecule has 6 nitrogen and oxygen atoms in total. The number of hydrogen-bond acceptors (Lipinski definition) is 4. The summed E-state index contributed by atoms with van der Waals surface area (Å²) in [6.45, 7) is 2.10. The fraction of sp³-hybridized carbons (Fsp3) is 0.261. The van der Waals surface area contributed by atoms with Crippen molar-refractivity contribution in [2.45, 2.75) is 13.3 Å². The molecule has 3 rings (SSSR count). The van der Waals surface area contributed by atoms with Crippen molar-refractivity contribution in [1.29, 1.82) is 0 Å². The van der Waals surface area contributed by atoms with Gasteiger partial charge in [-0.05, 0) is 35.4 Å². The zero-order valence-corrected chi connectivity index (χ0v) is 19.0. The summed E-state index contributed by atoms with van der Waals surface area (Å²) in [4.78, 5) is 4.16. The van der Waals surface area contributed by atoms with Crippen molar-refractivity contribution in [3.05, 3.63) is 77.9 Å². The lowest BCUT2D eigenvalue weighted by molar-refractivity contribution is -0.685. The molecule has 2 aromatic carbocycles. The minimum absolute atomic E-state index is 0. The molecular formula is C23H29ClN6. The van der Waals surface area contributed by atoms with Gasteiger partial charge in [0.1, 0.15) is 0 Å². The average Bonchev–Trinajstić information content (AvgIpc) is 3.13. The Hall–Kier alpha value is -3.12. The summed E-state index contributed by atoms with van der Waals surface area (Å²) >= 11 is 0. The molecule has 1 aromatic heterocycles. The molecule has 1 heterocycles. The molecule has 0 radical (unpaired) electrons. The van der Waals surface area contributed by atoms with Crippen LogP contribution in [0.5, 0.6) is 0 Å². The first-order valence-electron chi connectivity index (χ1n) is 9.73. The van der Waals surface area contributed by atoms with Crippen LogP contribution in [-0.2, 0) is 6.42 Å². The van der Waals surface area contributed by atoms with Crippen LogP contribution in [0.2, 0.25) is 0 Å². The number of hydrogen-bond donors (Lipinski definition) is 0. The van der Waals surface area contributed by atoms with Gasteiger partial charge in [-0.25, -0.2) is 0 Å². The quantitative estimate of drug-likeness (QED) is 0.402. The van der Waals surface area contributed by atoms with Crippen LogP contribution >= 0.6 is 0 Å². The molecule has 0 aliphatic heterocycles. The van der Waals surface area contributed by atoms with Crippen LogP contribution in [0.1, 0.15) is 23.9 Å². The van der Waals surface area contributed by atoms with Gasteiger partial charge in [-0.3, -0.25) is 0 Å².